The Labute approximate surface area is 151 Å². The van der Waals surface area contributed by atoms with E-state index in [4.69, 9.17) is 11.6 Å². The van der Waals surface area contributed by atoms with E-state index in [1.165, 1.54) is 10.9 Å². The van der Waals surface area contributed by atoms with Crippen molar-refractivity contribution in [2.24, 2.45) is 0 Å². The van der Waals surface area contributed by atoms with Crippen LogP contribution >= 0.6 is 27.5 Å². The fourth-order valence-electron chi connectivity index (χ4n) is 2.01. The van der Waals surface area contributed by atoms with Crippen molar-refractivity contribution in [2.75, 3.05) is 6.54 Å². The lowest BCUT2D eigenvalue weighted by Crippen LogP contribution is -2.26. The van der Waals surface area contributed by atoms with Crippen LogP contribution in [0.5, 0.6) is 0 Å². The van der Waals surface area contributed by atoms with Crippen molar-refractivity contribution < 1.29 is 9.72 Å². The predicted molar refractivity (Wildman–Crippen MR) is 90.8 cm³/mol. The quantitative estimate of drug-likeness (QED) is 0.401. The van der Waals surface area contributed by atoms with E-state index in [0.717, 1.165) is 16.6 Å². The molecule has 2 aromatic rings. The van der Waals surface area contributed by atoms with Gasteiger partial charge in [0.25, 0.3) is 0 Å². The van der Waals surface area contributed by atoms with Crippen molar-refractivity contribution in [3.8, 4) is 0 Å². The zero-order valence-corrected chi connectivity index (χ0v) is 15.2. The normalized spacial score (nSPS) is 10.8. The first kappa shape index (κ1) is 18.4. The molecule has 0 fully saturated rings. The van der Waals surface area contributed by atoms with E-state index in [1.807, 2.05) is 17.8 Å². The van der Waals surface area contributed by atoms with Crippen LogP contribution in [-0.4, -0.2) is 36.9 Å². The van der Waals surface area contributed by atoms with Gasteiger partial charge in [0.1, 0.15) is 0 Å². The molecule has 130 valence electrons. The molecule has 9 nitrogen and oxygen atoms in total. The van der Waals surface area contributed by atoms with Gasteiger partial charge in [-0.05, 0) is 34.2 Å². The van der Waals surface area contributed by atoms with Gasteiger partial charge in [-0.1, -0.05) is 11.6 Å². The van der Waals surface area contributed by atoms with Crippen LogP contribution in [0.15, 0.2) is 16.9 Å². The summed E-state index contributed by atoms with van der Waals surface area (Å²) in [7, 11) is 0. The molecule has 0 aliphatic heterocycles. The second kappa shape index (κ2) is 8.25. The molecule has 0 atom stereocenters. The summed E-state index contributed by atoms with van der Waals surface area (Å²) in [5, 5.41) is 21.4. The van der Waals surface area contributed by atoms with Crippen LogP contribution in [0.2, 0.25) is 5.02 Å². The van der Waals surface area contributed by atoms with E-state index in [9.17, 15) is 14.9 Å². The molecule has 1 amide bonds. The number of halogens is 2. The monoisotopic (exact) mass is 418 g/mol. The lowest BCUT2D eigenvalue weighted by atomic mass is 10.3. The summed E-state index contributed by atoms with van der Waals surface area (Å²) in [5.41, 5.74) is 0.922. The predicted octanol–water partition coefficient (Wildman–Crippen LogP) is 2.31. The van der Waals surface area contributed by atoms with E-state index >= 15 is 0 Å². The molecule has 2 heterocycles. The molecular weight excluding hydrogens is 404 g/mol. The van der Waals surface area contributed by atoms with Gasteiger partial charge in [-0.2, -0.15) is 9.78 Å². The average Bonchev–Trinajstić information content (AvgIpc) is 3.04. The molecule has 2 rings (SSSR count). The van der Waals surface area contributed by atoms with Crippen molar-refractivity contribution in [3.05, 3.63) is 37.7 Å². The van der Waals surface area contributed by atoms with Gasteiger partial charge in [0.2, 0.25) is 5.91 Å². The first-order valence-corrected chi connectivity index (χ1v) is 8.37. The molecule has 11 heteroatoms. The van der Waals surface area contributed by atoms with Crippen LogP contribution in [0.25, 0.3) is 0 Å². The number of hydrogen-bond acceptors (Lipinski definition) is 5. The van der Waals surface area contributed by atoms with E-state index in [2.05, 4.69) is 31.4 Å². The lowest BCUT2D eigenvalue weighted by molar-refractivity contribution is -0.389. The maximum Gasteiger partial charge on any atom is 0.408 e. The molecule has 0 aliphatic carbocycles. The SMILES string of the molecule is Cc1nn(CCCNC(=O)CCn2cc(Cl)c([N+](=O)[O-])n2)cc1Br. The van der Waals surface area contributed by atoms with E-state index in [1.54, 1.807) is 0 Å². The molecule has 0 aliphatic rings. The van der Waals surface area contributed by atoms with Gasteiger partial charge in [0, 0.05) is 25.7 Å². The summed E-state index contributed by atoms with van der Waals surface area (Å²) in [4.78, 5) is 21.7. The Morgan fingerprint density at radius 2 is 2.08 bits per heavy atom. The minimum Gasteiger partial charge on any atom is -0.358 e. The van der Waals surface area contributed by atoms with Crippen molar-refractivity contribution >= 4 is 39.3 Å². The molecule has 0 saturated heterocycles. The summed E-state index contributed by atoms with van der Waals surface area (Å²) in [6, 6.07) is 0. The number of nitrogens with zero attached hydrogens (tertiary/aromatic N) is 5. The topological polar surface area (TPSA) is 108 Å². The molecule has 0 spiro atoms. The third-order valence-electron chi connectivity index (χ3n) is 3.21. The fraction of sp³-hybridized carbons (Fsp3) is 0.462. The Bertz CT molecular complexity index is 725. The Balaban J connectivity index is 1.68. The Morgan fingerprint density at radius 3 is 2.67 bits per heavy atom. The van der Waals surface area contributed by atoms with Gasteiger partial charge in [-0.15, -0.1) is 0 Å². The second-order valence-corrected chi connectivity index (χ2v) is 6.36. The maximum absolute atomic E-state index is 11.8. The minimum atomic E-state index is -0.658. The summed E-state index contributed by atoms with van der Waals surface area (Å²) in [6.07, 6.45) is 4.15. The number of nitro groups is 1. The standard InChI is InChI=1S/C13H16BrClN6O3/c1-9-10(14)7-19(17-9)5-2-4-16-12(22)3-6-20-8-11(15)13(18-20)21(23)24/h7-8H,2-6H2,1H3,(H,16,22). The summed E-state index contributed by atoms with van der Waals surface area (Å²) >= 11 is 9.09. The smallest absolute Gasteiger partial charge is 0.358 e. The van der Waals surface area contributed by atoms with E-state index < -0.39 is 10.7 Å². The van der Waals surface area contributed by atoms with Gasteiger partial charge in [-0.25, -0.2) is 0 Å². The van der Waals surface area contributed by atoms with Crippen molar-refractivity contribution in [1.29, 1.82) is 0 Å². The Hall–Kier alpha value is -1.94. The maximum atomic E-state index is 11.8. The van der Waals surface area contributed by atoms with Crippen molar-refractivity contribution in [2.45, 2.75) is 32.9 Å². The number of carbonyl (C=O) groups is 1. The molecule has 0 saturated carbocycles. The Morgan fingerprint density at radius 1 is 1.38 bits per heavy atom. The summed E-state index contributed by atoms with van der Waals surface area (Å²) in [6.45, 7) is 3.36. The van der Waals surface area contributed by atoms with Crippen LogP contribution in [0.4, 0.5) is 5.82 Å². The third kappa shape index (κ3) is 5.03. The zero-order valence-electron chi connectivity index (χ0n) is 12.9. The van der Waals surface area contributed by atoms with E-state index in [-0.39, 0.29) is 23.9 Å². The number of aryl methyl sites for hydroxylation is 3. The van der Waals surface area contributed by atoms with Crippen molar-refractivity contribution in [3.63, 3.8) is 0 Å². The number of nitrogens with one attached hydrogen (secondary N) is 1. The second-order valence-electron chi connectivity index (χ2n) is 5.10. The van der Waals surface area contributed by atoms with Crippen LogP contribution in [0, 0.1) is 17.0 Å². The van der Waals surface area contributed by atoms with Crippen LogP contribution < -0.4 is 5.32 Å². The molecule has 0 unspecified atom stereocenters. The highest BCUT2D eigenvalue weighted by atomic mass is 79.9. The fourth-order valence-corrected chi connectivity index (χ4v) is 2.54. The average molecular weight is 420 g/mol. The highest BCUT2D eigenvalue weighted by Crippen LogP contribution is 2.21. The first-order valence-electron chi connectivity index (χ1n) is 7.20. The number of rotatable bonds is 8. The molecular formula is C13H16BrClN6O3. The van der Waals surface area contributed by atoms with Crippen LogP contribution in [0.3, 0.4) is 0 Å². The molecule has 24 heavy (non-hydrogen) atoms. The molecule has 0 aromatic carbocycles. The van der Waals surface area contributed by atoms with Crippen LogP contribution in [0.1, 0.15) is 18.5 Å². The van der Waals surface area contributed by atoms with Gasteiger partial charge in [0.05, 0.1) is 28.0 Å². The van der Waals surface area contributed by atoms with Gasteiger partial charge >= 0.3 is 5.82 Å². The van der Waals surface area contributed by atoms with E-state index in [0.29, 0.717) is 13.1 Å². The number of hydrogen-bond donors (Lipinski definition) is 1. The number of aromatic nitrogens is 4. The summed E-state index contributed by atoms with van der Waals surface area (Å²) < 4.78 is 4.07. The minimum absolute atomic E-state index is 0.0407. The molecule has 2 aromatic heterocycles. The number of carbonyl (C=O) groups excluding carboxylic acids is 1. The third-order valence-corrected chi connectivity index (χ3v) is 4.26. The van der Waals surface area contributed by atoms with Gasteiger partial charge in [0.15, 0.2) is 5.02 Å². The highest BCUT2D eigenvalue weighted by molar-refractivity contribution is 9.10. The van der Waals surface area contributed by atoms with Crippen molar-refractivity contribution in [1.82, 2.24) is 24.9 Å². The summed E-state index contributed by atoms with van der Waals surface area (Å²) in [5.74, 6) is -0.556. The largest absolute Gasteiger partial charge is 0.408 e. The van der Waals surface area contributed by atoms with Gasteiger partial charge in [-0.3, -0.25) is 9.48 Å². The molecule has 1 N–H and O–H groups in total. The molecule has 0 radical (unpaired) electrons. The van der Waals surface area contributed by atoms with Crippen LogP contribution in [-0.2, 0) is 17.9 Å². The first-order chi connectivity index (χ1) is 11.4. The highest BCUT2D eigenvalue weighted by Gasteiger charge is 2.19. The molecule has 0 bridgehead atoms. The van der Waals surface area contributed by atoms with Gasteiger partial charge < -0.3 is 15.4 Å². The Kier molecular flexibility index (Phi) is 6.32. The number of amides is 1. The zero-order chi connectivity index (χ0) is 17.7. The lowest BCUT2D eigenvalue weighted by Gasteiger charge is -2.05.